The van der Waals surface area contributed by atoms with Crippen LogP contribution in [0.3, 0.4) is 0 Å². The molecule has 0 aliphatic heterocycles. The maximum atomic E-state index is 13.8. The third-order valence-electron chi connectivity index (χ3n) is 3.33. The number of aromatic nitrogens is 1. The van der Waals surface area contributed by atoms with Crippen LogP contribution in [-0.2, 0) is 6.54 Å². The van der Waals surface area contributed by atoms with Crippen LogP contribution in [0.4, 0.5) is 4.39 Å². The molecule has 116 valence electrons. The number of halogens is 3. The number of rotatable bonds is 3. The minimum Gasteiger partial charge on any atom is -0.348 e. The quantitative estimate of drug-likeness (QED) is 0.607. The predicted octanol–water partition coefficient (Wildman–Crippen LogP) is 4.56. The molecule has 0 unspecified atom stereocenters. The van der Waals surface area contributed by atoms with Crippen molar-refractivity contribution in [2.45, 2.75) is 6.54 Å². The van der Waals surface area contributed by atoms with Crippen LogP contribution in [-0.4, -0.2) is 10.9 Å². The zero-order chi connectivity index (χ0) is 16.4. The largest absolute Gasteiger partial charge is 0.348 e. The van der Waals surface area contributed by atoms with Gasteiger partial charge in [-0.15, -0.1) is 0 Å². The third kappa shape index (κ3) is 3.79. The number of pyridine rings is 1. The minimum atomic E-state index is -0.389. The molecular formula is C17H11ClFIN2O. The van der Waals surface area contributed by atoms with Crippen molar-refractivity contribution >= 4 is 51.0 Å². The van der Waals surface area contributed by atoms with Crippen LogP contribution in [0.1, 0.15) is 15.9 Å². The van der Waals surface area contributed by atoms with Gasteiger partial charge in [0.1, 0.15) is 11.3 Å². The SMILES string of the molecule is O=C(NCc1ccc(Cl)cc1)c1cnc2c(F)cc(I)cc2c1. The van der Waals surface area contributed by atoms with Gasteiger partial charge in [-0.2, -0.15) is 0 Å². The second-order valence-corrected chi connectivity index (χ2v) is 6.67. The molecule has 3 nitrogen and oxygen atoms in total. The third-order valence-corrected chi connectivity index (χ3v) is 4.20. The Bertz CT molecular complexity index is 884. The summed E-state index contributed by atoms with van der Waals surface area (Å²) in [5.74, 6) is -0.645. The maximum Gasteiger partial charge on any atom is 0.253 e. The van der Waals surface area contributed by atoms with Crippen molar-refractivity contribution in [2.75, 3.05) is 0 Å². The lowest BCUT2D eigenvalue weighted by atomic mass is 10.1. The number of hydrogen-bond donors (Lipinski definition) is 1. The molecule has 0 bridgehead atoms. The summed E-state index contributed by atoms with van der Waals surface area (Å²) in [6.07, 6.45) is 1.38. The van der Waals surface area contributed by atoms with E-state index in [1.54, 1.807) is 24.3 Å². The molecule has 23 heavy (non-hydrogen) atoms. The lowest BCUT2D eigenvalue weighted by molar-refractivity contribution is 0.0950. The summed E-state index contributed by atoms with van der Waals surface area (Å²) < 4.78 is 14.6. The summed E-state index contributed by atoms with van der Waals surface area (Å²) >= 11 is 7.85. The number of hydrogen-bond acceptors (Lipinski definition) is 2. The molecule has 0 fully saturated rings. The molecule has 3 rings (SSSR count). The smallest absolute Gasteiger partial charge is 0.253 e. The van der Waals surface area contributed by atoms with Crippen LogP contribution in [0.15, 0.2) is 48.7 Å². The zero-order valence-corrected chi connectivity index (χ0v) is 14.7. The maximum absolute atomic E-state index is 13.8. The number of nitrogens with zero attached hydrogens (tertiary/aromatic N) is 1. The average molecular weight is 441 g/mol. The Morgan fingerprint density at radius 3 is 2.70 bits per heavy atom. The highest BCUT2D eigenvalue weighted by atomic mass is 127. The van der Waals surface area contributed by atoms with Gasteiger partial charge in [0.05, 0.1) is 5.56 Å². The fourth-order valence-corrected chi connectivity index (χ4v) is 2.92. The van der Waals surface area contributed by atoms with Crippen LogP contribution in [0.5, 0.6) is 0 Å². The topological polar surface area (TPSA) is 42.0 Å². The Hall–Kier alpha value is -1.73. The Morgan fingerprint density at radius 2 is 1.96 bits per heavy atom. The number of carbonyl (C=O) groups excluding carboxylic acids is 1. The van der Waals surface area contributed by atoms with Crippen LogP contribution in [0.25, 0.3) is 10.9 Å². The van der Waals surface area contributed by atoms with Gasteiger partial charge in [0.15, 0.2) is 0 Å². The Morgan fingerprint density at radius 1 is 1.22 bits per heavy atom. The van der Waals surface area contributed by atoms with Gasteiger partial charge < -0.3 is 5.32 Å². The van der Waals surface area contributed by atoms with Crippen molar-refractivity contribution in [1.29, 1.82) is 0 Å². The van der Waals surface area contributed by atoms with Gasteiger partial charge >= 0.3 is 0 Å². The van der Waals surface area contributed by atoms with E-state index < -0.39 is 0 Å². The van der Waals surface area contributed by atoms with E-state index in [1.165, 1.54) is 12.3 Å². The van der Waals surface area contributed by atoms with E-state index in [0.29, 0.717) is 22.5 Å². The van der Waals surface area contributed by atoms with Crippen LogP contribution in [0.2, 0.25) is 5.02 Å². The van der Waals surface area contributed by atoms with E-state index in [-0.39, 0.29) is 17.2 Å². The molecule has 6 heteroatoms. The van der Waals surface area contributed by atoms with Gasteiger partial charge in [-0.1, -0.05) is 23.7 Å². The fraction of sp³-hybridized carbons (Fsp3) is 0.0588. The monoisotopic (exact) mass is 440 g/mol. The normalized spacial score (nSPS) is 10.7. The molecule has 0 saturated heterocycles. The zero-order valence-electron chi connectivity index (χ0n) is 11.8. The van der Waals surface area contributed by atoms with Crippen molar-refractivity contribution in [3.05, 3.63) is 74.2 Å². The van der Waals surface area contributed by atoms with Crippen molar-refractivity contribution in [2.24, 2.45) is 0 Å². The van der Waals surface area contributed by atoms with Crippen molar-refractivity contribution in [3.63, 3.8) is 0 Å². The van der Waals surface area contributed by atoms with Crippen LogP contribution < -0.4 is 5.32 Å². The Kier molecular flexibility index (Phi) is 4.77. The van der Waals surface area contributed by atoms with Crippen LogP contribution in [0, 0.1) is 9.39 Å². The highest BCUT2D eigenvalue weighted by Crippen LogP contribution is 2.20. The van der Waals surface area contributed by atoms with Crippen LogP contribution >= 0.6 is 34.2 Å². The number of fused-ring (bicyclic) bond motifs is 1. The highest BCUT2D eigenvalue weighted by molar-refractivity contribution is 14.1. The van der Waals surface area contributed by atoms with Gasteiger partial charge in [0.25, 0.3) is 5.91 Å². The van der Waals surface area contributed by atoms with Crippen molar-refractivity contribution < 1.29 is 9.18 Å². The number of carbonyl (C=O) groups is 1. The van der Waals surface area contributed by atoms with Gasteiger partial charge in [0.2, 0.25) is 0 Å². The molecule has 1 amide bonds. The molecule has 1 N–H and O–H groups in total. The van der Waals surface area contributed by atoms with E-state index >= 15 is 0 Å². The number of nitrogens with one attached hydrogen (secondary N) is 1. The summed E-state index contributed by atoms with van der Waals surface area (Å²) in [4.78, 5) is 16.3. The Labute approximate surface area is 151 Å². The molecular weight excluding hydrogens is 430 g/mol. The predicted molar refractivity (Wildman–Crippen MR) is 97.0 cm³/mol. The van der Waals surface area contributed by atoms with E-state index in [1.807, 2.05) is 34.7 Å². The lowest BCUT2D eigenvalue weighted by Crippen LogP contribution is -2.22. The summed E-state index contributed by atoms with van der Waals surface area (Å²) in [5, 5.41) is 4.06. The molecule has 3 aromatic rings. The number of benzene rings is 2. The Balaban J connectivity index is 1.79. The average Bonchev–Trinajstić information content (AvgIpc) is 2.53. The first-order valence-electron chi connectivity index (χ1n) is 6.80. The highest BCUT2D eigenvalue weighted by Gasteiger charge is 2.10. The molecule has 0 spiro atoms. The number of amides is 1. The van der Waals surface area contributed by atoms with Gasteiger partial charge in [0, 0.05) is 26.7 Å². The lowest BCUT2D eigenvalue weighted by Gasteiger charge is -2.07. The first kappa shape index (κ1) is 16.1. The molecule has 0 radical (unpaired) electrons. The second kappa shape index (κ2) is 6.80. The molecule has 0 atom stereocenters. The molecule has 0 saturated carbocycles. The van der Waals surface area contributed by atoms with E-state index in [0.717, 1.165) is 9.13 Å². The first-order valence-corrected chi connectivity index (χ1v) is 8.26. The van der Waals surface area contributed by atoms with E-state index in [9.17, 15) is 9.18 Å². The summed E-state index contributed by atoms with van der Waals surface area (Å²) in [6.45, 7) is 0.384. The first-order chi connectivity index (χ1) is 11.0. The second-order valence-electron chi connectivity index (χ2n) is 4.99. The standard InChI is InChI=1S/C17H11ClFIN2O/c18-13-3-1-10(2-4-13)8-22-17(23)12-5-11-6-14(20)7-15(19)16(11)21-9-12/h1-7,9H,8H2,(H,22,23). The van der Waals surface area contributed by atoms with E-state index in [2.05, 4.69) is 10.3 Å². The van der Waals surface area contributed by atoms with Gasteiger partial charge in [-0.3, -0.25) is 9.78 Å². The van der Waals surface area contributed by atoms with Gasteiger partial charge in [-0.25, -0.2) is 4.39 Å². The molecule has 0 aliphatic carbocycles. The van der Waals surface area contributed by atoms with Crippen molar-refractivity contribution in [1.82, 2.24) is 10.3 Å². The van der Waals surface area contributed by atoms with Crippen molar-refractivity contribution in [3.8, 4) is 0 Å². The molecule has 2 aromatic carbocycles. The molecule has 1 aromatic heterocycles. The van der Waals surface area contributed by atoms with E-state index in [4.69, 9.17) is 11.6 Å². The summed E-state index contributed by atoms with van der Waals surface area (Å²) in [5.41, 5.74) is 1.60. The summed E-state index contributed by atoms with van der Waals surface area (Å²) in [7, 11) is 0. The summed E-state index contributed by atoms with van der Waals surface area (Å²) in [6, 6.07) is 12.1. The fourth-order valence-electron chi connectivity index (χ4n) is 2.18. The molecule has 1 heterocycles. The minimum absolute atomic E-state index is 0.256. The molecule has 0 aliphatic rings. The van der Waals surface area contributed by atoms with Gasteiger partial charge in [-0.05, 0) is 58.5 Å².